The first-order valence-electron chi connectivity index (χ1n) is 18.6. The molecule has 0 aromatic carbocycles. The van der Waals surface area contributed by atoms with Gasteiger partial charge >= 0.3 is 5.97 Å². The van der Waals surface area contributed by atoms with Crippen molar-refractivity contribution < 1.29 is 14.3 Å². The molecule has 4 aliphatic carbocycles. The first-order chi connectivity index (χ1) is 21.0. The fourth-order valence-corrected chi connectivity index (χ4v) is 10.5. The predicted octanol–water partition coefficient (Wildman–Crippen LogP) is 8.48. The van der Waals surface area contributed by atoms with Crippen LogP contribution in [0.1, 0.15) is 137 Å². The fourth-order valence-electron chi connectivity index (χ4n) is 10.5. The van der Waals surface area contributed by atoms with Crippen molar-refractivity contribution >= 4 is 36.7 Å². The summed E-state index contributed by atoms with van der Waals surface area (Å²) in [6, 6.07) is 0. The molecule has 0 radical (unpaired) electrons. The van der Waals surface area contributed by atoms with Crippen molar-refractivity contribution in [2.75, 3.05) is 26.2 Å². The van der Waals surface area contributed by atoms with Gasteiger partial charge in [-0.1, -0.05) is 65.5 Å². The standard InChI is InChI=1S/C38H67N3O3.2ClH/c1-27(2)10-8-11-28(3)32-14-15-33-31-13-12-29-26-30(18-20-37(29,4)34(31)19-21-38(32,33)5)44-36(43)17-16-35(42)41(25-9-23-40)24-7-6-22-39;;/h12,27-28,30-34H,6-11,13-26,39-40H2,1-5H3;2*1H. The van der Waals surface area contributed by atoms with E-state index in [4.69, 9.17) is 16.2 Å². The molecular formula is C38H69Cl2N3O3. The van der Waals surface area contributed by atoms with Gasteiger partial charge in [0.2, 0.25) is 5.91 Å². The number of nitrogens with two attached hydrogens (primary N) is 2. The number of nitrogens with zero attached hydrogens (tertiary/aromatic N) is 1. The number of fused-ring (bicyclic) bond motifs is 5. The molecule has 4 N–H and O–H groups in total. The number of hydrogen-bond donors (Lipinski definition) is 2. The highest BCUT2D eigenvalue weighted by molar-refractivity contribution is 5.85. The molecule has 0 aromatic heterocycles. The molecule has 0 heterocycles. The molecule has 8 heteroatoms. The van der Waals surface area contributed by atoms with E-state index in [9.17, 15) is 9.59 Å². The molecule has 4 rings (SSSR count). The Labute approximate surface area is 294 Å². The van der Waals surface area contributed by atoms with Gasteiger partial charge in [-0.25, -0.2) is 0 Å². The smallest absolute Gasteiger partial charge is 0.306 e. The van der Waals surface area contributed by atoms with Crippen molar-refractivity contribution in [2.45, 2.75) is 143 Å². The number of ether oxygens (including phenoxy) is 1. The Morgan fingerprint density at radius 3 is 2.30 bits per heavy atom. The summed E-state index contributed by atoms with van der Waals surface area (Å²) >= 11 is 0. The van der Waals surface area contributed by atoms with E-state index < -0.39 is 0 Å². The zero-order valence-corrected chi connectivity index (χ0v) is 31.5. The van der Waals surface area contributed by atoms with E-state index in [2.05, 4.69) is 40.7 Å². The van der Waals surface area contributed by atoms with Crippen LogP contribution in [0.4, 0.5) is 0 Å². The maximum atomic E-state index is 12.9. The molecule has 4 aliphatic rings. The third-order valence-corrected chi connectivity index (χ3v) is 13.0. The van der Waals surface area contributed by atoms with Crippen LogP contribution in [-0.4, -0.2) is 49.1 Å². The molecule has 0 saturated heterocycles. The number of unbranched alkanes of at least 4 members (excludes halogenated alkanes) is 1. The van der Waals surface area contributed by atoms with Crippen LogP contribution in [0.2, 0.25) is 0 Å². The average Bonchev–Trinajstić information content (AvgIpc) is 3.35. The number of halogens is 2. The Balaban J connectivity index is 0.00000368. The molecule has 46 heavy (non-hydrogen) atoms. The summed E-state index contributed by atoms with van der Waals surface area (Å²) in [6.07, 6.45) is 19.3. The number of carbonyl (C=O) groups is 2. The van der Waals surface area contributed by atoms with Gasteiger partial charge in [-0.15, -0.1) is 24.8 Å². The van der Waals surface area contributed by atoms with Gasteiger partial charge in [-0.2, -0.15) is 0 Å². The summed E-state index contributed by atoms with van der Waals surface area (Å²) < 4.78 is 6.02. The number of rotatable bonds is 16. The van der Waals surface area contributed by atoms with Crippen molar-refractivity contribution in [1.29, 1.82) is 0 Å². The van der Waals surface area contributed by atoms with Crippen molar-refractivity contribution in [3.05, 3.63) is 11.6 Å². The Hall–Kier alpha value is -0.820. The second-order valence-corrected chi connectivity index (χ2v) is 16.2. The molecule has 3 saturated carbocycles. The first kappa shape index (κ1) is 41.4. The van der Waals surface area contributed by atoms with Crippen LogP contribution in [0, 0.1) is 46.3 Å². The molecule has 0 spiro atoms. The lowest BCUT2D eigenvalue weighted by Crippen LogP contribution is -2.51. The maximum Gasteiger partial charge on any atom is 0.306 e. The second-order valence-electron chi connectivity index (χ2n) is 16.2. The van der Waals surface area contributed by atoms with Gasteiger partial charge in [-0.05, 0) is 124 Å². The minimum absolute atomic E-state index is 0. The van der Waals surface area contributed by atoms with Crippen molar-refractivity contribution in [2.24, 2.45) is 57.8 Å². The molecule has 8 unspecified atom stereocenters. The van der Waals surface area contributed by atoms with E-state index in [1.807, 2.05) is 4.90 Å². The van der Waals surface area contributed by atoms with E-state index in [1.165, 1.54) is 51.4 Å². The van der Waals surface area contributed by atoms with E-state index in [0.29, 0.717) is 31.6 Å². The number of carbonyl (C=O) groups excluding carboxylic acids is 2. The van der Waals surface area contributed by atoms with Gasteiger partial charge in [0, 0.05) is 25.9 Å². The summed E-state index contributed by atoms with van der Waals surface area (Å²) in [5.41, 5.74) is 13.6. The van der Waals surface area contributed by atoms with E-state index in [1.54, 1.807) is 5.57 Å². The SMILES string of the molecule is CC(C)CCCC(C)C1CCC2C3CC=C4CC(OC(=O)CCC(=O)N(CCCN)CCCCN)CCC4(C)C3CCC12C.Cl.Cl. The topological polar surface area (TPSA) is 98.7 Å². The van der Waals surface area contributed by atoms with Crippen LogP contribution < -0.4 is 11.5 Å². The molecule has 0 aliphatic heterocycles. The van der Waals surface area contributed by atoms with Gasteiger partial charge in [0.05, 0.1) is 6.42 Å². The minimum atomic E-state index is -0.227. The third-order valence-electron chi connectivity index (χ3n) is 13.0. The highest BCUT2D eigenvalue weighted by Crippen LogP contribution is 2.67. The lowest BCUT2D eigenvalue weighted by Gasteiger charge is -2.58. The number of amides is 1. The largest absolute Gasteiger partial charge is 0.462 e. The van der Waals surface area contributed by atoms with Gasteiger partial charge in [-0.3, -0.25) is 9.59 Å². The van der Waals surface area contributed by atoms with Crippen LogP contribution in [0.25, 0.3) is 0 Å². The van der Waals surface area contributed by atoms with Gasteiger partial charge < -0.3 is 21.1 Å². The van der Waals surface area contributed by atoms with Crippen LogP contribution >= 0.6 is 24.8 Å². The van der Waals surface area contributed by atoms with Crippen LogP contribution in [0.15, 0.2) is 11.6 Å². The molecule has 3 fully saturated rings. The van der Waals surface area contributed by atoms with Gasteiger partial charge in [0.1, 0.15) is 6.10 Å². The summed E-state index contributed by atoms with van der Waals surface area (Å²) in [6.45, 7) is 15.0. The van der Waals surface area contributed by atoms with Gasteiger partial charge in [0.15, 0.2) is 0 Å². The van der Waals surface area contributed by atoms with Crippen molar-refractivity contribution in [3.63, 3.8) is 0 Å². The highest BCUT2D eigenvalue weighted by atomic mass is 35.5. The monoisotopic (exact) mass is 685 g/mol. The first-order valence-corrected chi connectivity index (χ1v) is 18.6. The summed E-state index contributed by atoms with van der Waals surface area (Å²) in [4.78, 5) is 27.6. The van der Waals surface area contributed by atoms with E-state index in [-0.39, 0.29) is 61.1 Å². The third kappa shape index (κ3) is 9.66. The Morgan fingerprint density at radius 2 is 1.61 bits per heavy atom. The van der Waals surface area contributed by atoms with Crippen LogP contribution in [0.3, 0.4) is 0 Å². The molecule has 8 atom stereocenters. The lowest BCUT2D eigenvalue weighted by atomic mass is 9.47. The minimum Gasteiger partial charge on any atom is -0.462 e. The highest BCUT2D eigenvalue weighted by Gasteiger charge is 2.59. The number of allylic oxidation sites excluding steroid dienone is 1. The molecule has 0 aromatic rings. The molecule has 6 nitrogen and oxygen atoms in total. The number of esters is 1. The van der Waals surface area contributed by atoms with Crippen molar-refractivity contribution in [1.82, 2.24) is 4.90 Å². The molecular weight excluding hydrogens is 617 g/mol. The van der Waals surface area contributed by atoms with Crippen molar-refractivity contribution in [3.8, 4) is 0 Å². The second kappa shape index (κ2) is 18.8. The average molecular weight is 687 g/mol. The number of hydrogen-bond acceptors (Lipinski definition) is 5. The zero-order chi connectivity index (χ0) is 31.9. The fraction of sp³-hybridized carbons (Fsp3) is 0.895. The zero-order valence-electron chi connectivity index (χ0n) is 29.9. The lowest BCUT2D eigenvalue weighted by molar-refractivity contribution is -0.153. The summed E-state index contributed by atoms with van der Waals surface area (Å²) in [7, 11) is 0. The Morgan fingerprint density at radius 1 is 0.891 bits per heavy atom. The van der Waals surface area contributed by atoms with Crippen LogP contribution in [0.5, 0.6) is 0 Å². The maximum absolute atomic E-state index is 12.9. The Kier molecular flexibility index (Phi) is 16.9. The molecule has 0 bridgehead atoms. The van der Waals surface area contributed by atoms with E-state index >= 15 is 0 Å². The predicted molar refractivity (Wildman–Crippen MR) is 195 cm³/mol. The van der Waals surface area contributed by atoms with Crippen LogP contribution in [-0.2, 0) is 14.3 Å². The molecule has 268 valence electrons. The van der Waals surface area contributed by atoms with E-state index in [0.717, 1.165) is 74.0 Å². The quantitative estimate of drug-likeness (QED) is 0.0965. The van der Waals surface area contributed by atoms with Gasteiger partial charge in [0.25, 0.3) is 0 Å². The molecule has 1 amide bonds. The summed E-state index contributed by atoms with van der Waals surface area (Å²) in [5, 5.41) is 0. The summed E-state index contributed by atoms with van der Waals surface area (Å²) in [5.74, 6) is 4.78. The normalized spacial score (nSPS) is 32.2. The Bertz CT molecular complexity index is 992.